The van der Waals surface area contributed by atoms with Crippen LogP contribution in [0.2, 0.25) is 0 Å². The van der Waals surface area contributed by atoms with Gasteiger partial charge in [0.1, 0.15) is 11.9 Å². The number of aromatic hydroxyl groups is 1. The van der Waals surface area contributed by atoms with Crippen molar-refractivity contribution in [2.45, 2.75) is 13.0 Å². The van der Waals surface area contributed by atoms with Crippen molar-refractivity contribution >= 4 is 0 Å². The van der Waals surface area contributed by atoms with Crippen molar-refractivity contribution in [1.82, 2.24) is 10.1 Å². The van der Waals surface area contributed by atoms with Crippen LogP contribution in [-0.2, 0) is 0 Å². The lowest BCUT2D eigenvalue weighted by Crippen LogP contribution is -1.90. The van der Waals surface area contributed by atoms with Crippen molar-refractivity contribution in [2.24, 2.45) is 0 Å². The molecule has 1 aromatic heterocycles. The molecule has 0 amide bonds. The van der Waals surface area contributed by atoms with E-state index in [0.717, 1.165) is 0 Å². The zero-order valence-electron chi connectivity index (χ0n) is 8.08. The molecule has 0 saturated carbocycles. The van der Waals surface area contributed by atoms with E-state index in [-0.39, 0.29) is 17.5 Å². The molecule has 78 valence electrons. The summed E-state index contributed by atoms with van der Waals surface area (Å²) in [4.78, 5) is 3.95. The van der Waals surface area contributed by atoms with Crippen LogP contribution in [0.4, 0.5) is 0 Å². The maximum atomic E-state index is 9.53. The Hall–Kier alpha value is -1.88. The molecule has 2 rings (SSSR count). The summed E-state index contributed by atoms with van der Waals surface area (Å²) in [6, 6.07) is 6.67. The Morgan fingerprint density at radius 2 is 2.07 bits per heavy atom. The monoisotopic (exact) mass is 206 g/mol. The van der Waals surface area contributed by atoms with Gasteiger partial charge in [-0.05, 0) is 19.1 Å². The Morgan fingerprint density at radius 3 is 2.67 bits per heavy atom. The summed E-state index contributed by atoms with van der Waals surface area (Å²) in [5.41, 5.74) is 0.480. The zero-order valence-corrected chi connectivity index (χ0v) is 8.08. The number of hydrogen-bond donors (Lipinski definition) is 2. The molecule has 5 heteroatoms. The van der Waals surface area contributed by atoms with Crippen molar-refractivity contribution in [3.05, 3.63) is 30.2 Å². The third-order valence-electron chi connectivity index (χ3n) is 1.94. The smallest absolute Gasteiger partial charge is 0.255 e. The van der Waals surface area contributed by atoms with Crippen LogP contribution >= 0.6 is 0 Å². The highest BCUT2D eigenvalue weighted by Gasteiger charge is 2.14. The Labute approximate surface area is 86.0 Å². The second-order valence-corrected chi connectivity index (χ2v) is 3.15. The molecule has 1 unspecified atom stereocenters. The fraction of sp³-hybridized carbons (Fsp3) is 0.200. The van der Waals surface area contributed by atoms with Gasteiger partial charge in [-0.2, -0.15) is 4.98 Å². The molecule has 0 spiro atoms. The number of aliphatic hydroxyl groups is 1. The summed E-state index contributed by atoms with van der Waals surface area (Å²) in [6.45, 7) is 1.53. The summed E-state index contributed by atoms with van der Waals surface area (Å²) >= 11 is 0. The van der Waals surface area contributed by atoms with Crippen LogP contribution < -0.4 is 0 Å². The normalized spacial score (nSPS) is 12.7. The van der Waals surface area contributed by atoms with Gasteiger partial charge in [0.25, 0.3) is 5.89 Å². The van der Waals surface area contributed by atoms with E-state index in [1.54, 1.807) is 18.2 Å². The molecular weight excluding hydrogens is 196 g/mol. The number of benzene rings is 1. The highest BCUT2D eigenvalue weighted by Crippen LogP contribution is 2.26. The van der Waals surface area contributed by atoms with Gasteiger partial charge in [-0.3, -0.25) is 0 Å². The molecule has 0 aliphatic heterocycles. The van der Waals surface area contributed by atoms with Crippen molar-refractivity contribution < 1.29 is 14.7 Å². The third-order valence-corrected chi connectivity index (χ3v) is 1.94. The first-order valence-electron chi connectivity index (χ1n) is 4.48. The number of phenols is 1. The largest absolute Gasteiger partial charge is 0.507 e. The minimum Gasteiger partial charge on any atom is -0.507 e. The molecule has 0 aliphatic rings. The lowest BCUT2D eigenvalue weighted by atomic mass is 10.2. The van der Waals surface area contributed by atoms with Crippen LogP contribution in [0.3, 0.4) is 0 Å². The molecule has 0 fully saturated rings. The standard InChI is InChI=1S/C10H10N2O3/c1-6(13)10-11-9(12-15-10)7-4-2-3-5-8(7)14/h2-6,13-14H,1H3. The average molecular weight is 206 g/mol. The summed E-state index contributed by atoms with van der Waals surface area (Å²) in [6.07, 6.45) is -0.808. The first kappa shape index (κ1) is 9.67. The molecular formula is C10H10N2O3. The number of nitrogens with zero attached hydrogens (tertiary/aromatic N) is 2. The number of para-hydroxylation sites is 1. The van der Waals surface area contributed by atoms with Crippen LogP contribution in [0, 0.1) is 0 Å². The molecule has 0 aliphatic carbocycles. The summed E-state index contributed by atoms with van der Waals surface area (Å²) in [7, 11) is 0. The lowest BCUT2D eigenvalue weighted by Gasteiger charge is -1.97. The fourth-order valence-corrected chi connectivity index (χ4v) is 1.18. The molecule has 1 aromatic carbocycles. The van der Waals surface area contributed by atoms with Crippen LogP contribution in [-0.4, -0.2) is 20.4 Å². The maximum Gasteiger partial charge on any atom is 0.255 e. The highest BCUT2D eigenvalue weighted by molar-refractivity contribution is 5.62. The lowest BCUT2D eigenvalue weighted by molar-refractivity contribution is 0.152. The van der Waals surface area contributed by atoms with Crippen molar-refractivity contribution in [2.75, 3.05) is 0 Å². The van der Waals surface area contributed by atoms with E-state index in [9.17, 15) is 10.2 Å². The van der Waals surface area contributed by atoms with Crippen molar-refractivity contribution in [1.29, 1.82) is 0 Å². The summed E-state index contributed by atoms with van der Waals surface area (Å²) in [5.74, 6) is 0.479. The number of aliphatic hydroxyl groups excluding tert-OH is 1. The highest BCUT2D eigenvalue weighted by atomic mass is 16.5. The molecule has 2 aromatic rings. The first-order valence-corrected chi connectivity index (χ1v) is 4.48. The van der Waals surface area contributed by atoms with E-state index in [2.05, 4.69) is 10.1 Å². The molecule has 0 radical (unpaired) electrons. The first-order chi connectivity index (χ1) is 7.18. The Bertz CT molecular complexity index is 465. The quantitative estimate of drug-likeness (QED) is 0.778. The van der Waals surface area contributed by atoms with E-state index in [1.165, 1.54) is 13.0 Å². The van der Waals surface area contributed by atoms with E-state index in [1.807, 2.05) is 0 Å². The number of phenolic OH excluding ortho intramolecular Hbond substituents is 1. The van der Waals surface area contributed by atoms with Gasteiger partial charge >= 0.3 is 0 Å². The molecule has 2 N–H and O–H groups in total. The van der Waals surface area contributed by atoms with Gasteiger partial charge in [-0.1, -0.05) is 17.3 Å². The van der Waals surface area contributed by atoms with Crippen molar-refractivity contribution in [3.8, 4) is 17.1 Å². The predicted molar refractivity (Wildman–Crippen MR) is 52.0 cm³/mol. The minimum absolute atomic E-state index is 0.0791. The van der Waals surface area contributed by atoms with Crippen molar-refractivity contribution in [3.63, 3.8) is 0 Å². The minimum atomic E-state index is -0.808. The van der Waals surface area contributed by atoms with E-state index >= 15 is 0 Å². The topological polar surface area (TPSA) is 79.4 Å². The fourth-order valence-electron chi connectivity index (χ4n) is 1.18. The molecule has 15 heavy (non-hydrogen) atoms. The van der Waals surface area contributed by atoms with Crippen LogP contribution in [0.25, 0.3) is 11.4 Å². The van der Waals surface area contributed by atoms with Gasteiger partial charge in [0, 0.05) is 0 Å². The second-order valence-electron chi connectivity index (χ2n) is 3.15. The van der Waals surface area contributed by atoms with Crippen LogP contribution in [0.1, 0.15) is 18.9 Å². The number of rotatable bonds is 2. The Morgan fingerprint density at radius 1 is 1.33 bits per heavy atom. The molecule has 1 atom stereocenters. The van der Waals surface area contributed by atoms with E-state index in [4.69, 9.17) is 4.52 Å². The summed E-state index contributed by atoms with van der Waals surface area (Å²) < 4.78 is 4.81. The molecule has 0 saturated heterocycles. The van der Waals surface area contributed by atoms with Gasteiger partial charge in [-0.15, -0.1) is 0 Å². The van der Waals surface area contributed by atoms with Gasteiger partial charge in [0.05, 0.1) is 5.56 Å². The van der Waals surface area contributed by atoms with Gasteiger partial charge in [0.2, 0.25) is 5.82 Å². The number of aromatic nitrogens is 2. The number of hydrogen-bond acceptors (Lipinski definition) is 5. The Balaban J connectivity index is 2.42. The summed E-state index contributed by atoms with van der Waals surface area (Å²) in [5, 5.41) is 22.4. The molecule has 1 heterocycles. The van der Waals surface area contributed by atoms with Crippen LogP contribution in [0.5, 0.6) is 5.75 Å². The van der Waals surface area contributed by atoms with E-state index in [0.29, 0.717) is 5.56 Å². The SMILES string of the molecule is CC(O)c1nc(-c2ccccc2O)no1. The second kappa shape index (κ2) is 3.70. The van der Waals surface area contributed by atoms with E-state index < -0.39 is 6.10 Å². The molecule has 0 bridgehead atoms. The van der Waals surface area contributed by atoms with Gasteiger partial charge < -0.3 is 14.7 Å². The van der Waals surface area contributed by atoms with Gasteiger partial charge in [0.15, 0.2) is 0 Å². The van der Waals surface area contributed by atoms with Gasteiger partial charge in [-0.25, -0.2) is 0 Å². The third kappa shape index (κ3) is 1.82. The Kier molecular flexibility index (Phi) is 2.39. The zero-order chi connectivity index (χ0) is 10.8. The maximum absolute atomic E-state index is 9.53. The predicted octanol–water partition coefficient (Wildman–Crippen LogP) is 1.50. The molecule has 5 nitrogen and oxygen atoms in total. The average Bonchev–Trinajstić information content (AvgIpc) is 2.67. The van der Waals surface area contributed by atoms with Crippen LogP contribution in [0.15, 0.2) is 28.8 Å².